The van der Waals surface area contributed by atoms with Crippen molar-refractivity contribution in [2.24, 2.45) is 0 Å². The Morgan fingerprint density at radius 1 is 1.42 bits per heavy atom. The molecule has 5 rings (SSSR count). The first-order valence-electron chi connectivity index (χ1n) is 9.88. The van der Waals surface area contributed by atoms with Crippen molar-refractivity contribution in [1.29, 1.82) is 0 Å². The maximum Gasteiger partial charge on any atom is 0.292 e. The minimum absolute atomic E-state index is 0.0199. The second-order valence-electron chi connectivity index (χ2n) is 8.08. The van der Waals surface area contributed by atoms with Crippen LogP contribution < -0.4 is 0 Å². The van der Waals surface area contributed by atoms with Gasteiger partial charge in [0.25, 0.3) is 5.91 Å². The van der Waals surface area contributed by atoms with Gasteiger partial charge in [-0.1, -0.05) is 11.6 Å². The van der Waals surface area contributed by atoms with Crippen molar-refractivity contribution in [3.63, 3.8) is 0 Å². The van der Waals surface area contributed by atoms with E-state index in [9.17, 15) is 9.18 Å². The third-order valence-electron chi connectivity index (χ3n) is 5.43. The second-order valence-corrected chi connectivity index (χ2v) is 8.49. The summed E-state index contributed by atoms with van der Waals surface area (Å²) in [4.78, 5) is 26.9. The summed E-state index contributed by atoms with van der Waals surface area (Å²) in [7, 11) is 0. The number of hydrogen-bond donors (Lipinski definition) is 1. The molecule has 31 heavy (non-hydrogen) atoms. The van der Waals surface area contributed by atoms with Crippen LogP contribution in [0.25, 0.3) is 5.52 Å². The van der Waals surface area contributed by atoms with Crippen molar-refractivity contribution < 1.29 is 13.6 Å². The summed E-state index contributed by atoms with van der Waals surface area (Å²) in [5, 5.41) is 5.20. The monoisotopic (exact) mass is 442 g/mol. The van der Waals surface area contributed by atoms with Gasteiger partial charge in [-0.15, -0.1) is 0 Å². The van der Waals surface area contributed by atoms with E-state index in [0.29, 0.717) is 35.1 Å². The normalized spacial score (nSPS) is 16.7. The highest BCUT2D eigenvalue weighted by atomic mass is 35.5. The van der Waals surface area contributed by atoms with Crippen LogP contribution in [0.1, 0.15) is 59.1 Å². The predicted octanol–water partition coefficient (Wildman–Crippen LogP) is 4.00. The summed E-state index contributed by atoms with van der Waals surface area (Å²) in [6, 6.07) is 4.88. The molecule has 1 amide bonds. The molecule has 0 aromatic carbocycles. The number of nitrogens with zero attached hydrogens (tertiary/aromatic N) is 5. The molecule has 10 heteroatoms. The van der Waals surface area contributed by atoms with E-state index in [-0.39, 0.29) is 17.6 Å². The molecule has 0 radical (unpaired) electrons. The first-order chi connectivity index (χ1) is 14.7. The Morgan fingerprint density at radius 2 is 2.23 bits per heavy atom. The molecule has 0 saturated carbocycles. The van der Waals surface area contributed by atoms with Crippen LogP contribution in [-0.4, -0.2) is 41.9 Å². The molecule has 0 spiro atoms. The van der Waals surface area contributed by atoms with Gasteiger partial charge in [-0.25, -0.2) is 18.9 Å². The van der Waals surface area contributed by atoms with Crippen LogP contribution in [0.2, 0.25) is 5.02 Å². The smallest absolute Gasteiger partial charge is 0.292 e. The van der Waals surface area contributed by atoms with Gasteiger partial charge in [0.2, 0.25) is 11.7 Å². The molecule has 1 aliphatic heterocycles. The number of pyridine rings is 1. The van der Waals surface area contributed by atoms with Gasteiger partial charge in [-0.3, -0.25) is 4.79 Å². The summed E-state index contributed by atoms with van der Waals surface area (Å²) in [6.07, 6.45) is 4.00. The zero-order chi connectivity index (χ0) is 21.9. The Hall–Kier alpha value is -3.20. The maximum atomic E-state index is 14.4. The van der Waals surface area contributed by atoms with E-state index in [1.807, 2.05) is 6.07 Å². The summed E-state index contributed by atoms with van der Waals surface area (Å²) in [5.74, 6) is -0.490. The Morgan fingerprint density at radius 3 is 2.94 bits per heavy atom. The number of halogens is 2. The molecule has 5 heterocycles. The van der Waals surface area contributed by atoms with Gasteiger partial charge >= 0.3 is 0 Å². The number of amides is 1. The van der Waals surface area contributed by atoms with Crippen molar-refractivity contribution in [2.75, 3.05) is 6.54 Å². The molecule has 1 aliphatic rings. The molecule has 160 valence electrons. The molecule has 0 unspecified atom stereocenters. The molecule has 0 fully saturated rings. The van der Waals surface area contributed by atoms with E-state index < -0.39 is 11.7 Å². The fourth-order valence-electron chi connectivity index (χ4n) is 3.91. The Labute approximate surface area is 182 Å². The van der Waals surface area contributed by atoms with Gasteiger partial charge in [-0.05, 0) is 39.0 Å². The average Bonchev–Trinajstić information content (AvgIpc) is 3.44. The van der Waals surface area contributed by atoms with Gasteiger partial charge in [0.15, 0.2) is 5.67 Å². The SMILES string of the molecule is Cc1nc(C(C)(C)F)oc1C(=O)N1CCc2[nH]cnc2[C@H]1c1cc2c(Cl)cccn2n1. The average molecular weight is 443 g/mol. The third-order valence-corrected chi connectivity index (χ3v) is 5.75. The topological polar surface area (TPSA) is 92.3 Å². The molecule has 4 aromatic rings. The number of H-pyrrole nitrogens is 1. The molecule has 4 aromatic heterocycles. The number of nitrogens with one attached hydrogen (secondary N) is 1. The largest absolute Gasteiger partial charge is 0.432 e. The second kappa shape index (κ2) is 6.91. The minimum atomic E-state index is -1.79. The Balaban J connectivity index is 1.61. The molecular weight excluding hydrogens is 423 g/mol. The number of aryl methyl sites for hydroxylation is 1. The Bertz CT molecular complexity index is 1300. The lowest BCUT2D eigenvalue weighted by Gasteiger charge is -2.33. The maximum absolute atomic E-state index is 14.4. The van der Waals surface area contributed by atoms with Gasteiger partial charge in [0.1, 0.15) is 6.04 Å². The molecule has 8 nitrogen and oxygen atoms in total. The third kappa shape index (κ3) is 3.20. The summed E-state index contributed by atoms with van der Waals surface area (Å²) >= 11 is 6.33. The van der Waals surface area contributed by atoms with E-state index in [2.05, 4.69) is 20.1 Å². The summed E-state index contributed by atoms with van der Waals surface area (Å²) < 4.78 is 21.6. The molecule has 1 atom stereocenters. The standard InChI is InChI=1S/C21H20ClFN6O2/c1-11-18(31-20(26-11)21(2,3)23)19(30)28-8-6-13-16(25-10-24-13)17(28)14-9-15-12(22)5-4-7-29(15)27-14/h4-5,7,9-10,17H,6,8H2,1-3H3,(H,24,25)/t17-/m1/s1. The number of oxazole rings is 1. The van der Waals surface area contributed by atoms with Gasteiger partial charge in [0.05, 0.1) is 33.9 Å². The van der Waals surface area contributed by atoms with E-state index in [1.165, 1.54) is 13.8 Å². The van der Waals surface area contributed by atoms with Crippen LogP contribution in [0, 0.1) is 6.92 Å². The van der Waals surface area contributed by atoms with Gasteiger partial charge in [0, 0.05) is 24.9 Å². The number of imidazole rings is 1. The number of carbonyl (C=O) groups is 1. The van der Waals surface area contributed by atoms with Crippen molar-refractivity contribution >= 4 is 23.0 Å². The van der Waals surface area contributed by atoms with Crippen molar-refractivity contribution in [2.45, 2.75) is 38.9 Å². The molecule has 0 saturated heterocycles. The number of alkyl halides is 1. The molecule has 0 aliphatic carbocycles. The first kappa shape index (κ1) is 19.7. The fourth-order valence-corrected chi connectivity index (χ4v) is 4.12. The van der Waals surface area contributed by atoms with Crippen molar-refractivity contribution in [1.82, 2.24) is 29.5 Å². The van der Waals surface area contributed by atoms with Crippen LogP contribution in [-0.2, 0) is 12.1 Å². The number of aromatic nitrogens is 5. The van der Waals surface area contributed by atoms with Crippen LogP contribution in [0.5, 0.6) is 0 Å². The zero-order valence-corrected chi connectivity index (χ0v) is 17.9. The van der Waals surface area contributed by atoms with Crippen molar-refractivity contribution in [3.8, 4) is 0 Å². The van der Waals surface area contributed by atoms with Gasteiger partial charge < -0.3 is 14.3 Å². The molecule has 0 bridgehead atoms. The lowest BCUT2D eigenvalue weighted by atomic mass is 9.99. The highest BCUT2D eigenvalue weighted by molar-refractivity contribution is 6.33. The quantitative estimate of drug-likeness (QED) is 0.517. The lowest BCUT2D eigenvalue weighted by Crippen LogP contribution is -2.41. The number of aromatic amines is 1. The number of rotatable bonds is 3. The zero-order valence-electron chi connectivity index (χ0n) is 17.2. The van der Waals surface area contributed by atoms with E-state index in [4.69, 9.17) is 16.0 Å². The first-order valence-corrected chi connectivity index (χ1v) is 10.3. The van der Waals surface area contributed by atoms with Gasteiger partial charge in [-0.2, -0.15) is 5.10 Å². The minimum Gasteiger partial charge on any atom is -0.432 e. The predicted molar refractivity (Wildman–Crippen MR) is 111 cm³/mol. The lowest BCUT2D eigenvalue weighted by molar-refractivity contribution is 0.0642. The highest BCUT2D eigenvalue weighted by Gasteiger charge is 2.39. The van der Waals surface area contributed by atoms with Crippen LogP contribution in [0.4, 0.5) is 4.39 Å². The highest BCUT2D eigenvalue weighted by Crippen LogP contribution is 2.36. The molecular formula is C21H20ClFN6O2. The van der Waals surface area contributed by atoms with Crippen LogP contribution in [0.3, 0.4) is 0 Å². The number of hydrogen-bond acceptors (Lipinski definition) is 5. The molecule has 1 N–H and O–H groups in total. The number of carbonyl (C=O) groups excluding carboxylic acids is 1. The van der Waals surface area contributed by atoms with E-state index in [1.54, 1.807) is 41.0 Å². The van der Waals surface area contributed by atoms with E-state index >= 15 is 0 Å². The fraction of sp³-hybridized carbons (Fsp3) is 0.333. The van der Waals surface area contributed by atoms with Crippen LogP contribution in [0.15, 0.2) is 35.1 Å². The van der Waals surface area contributed by atoms with Crippen LogP contribution >= 0.6 is 11.6 Å². The summed E-state index contributed by atoms with van der Waals surface area (Å²) in [5.41, 5.74) is 1.55. The van der Waals surface area contributed by atoms with Crippen molar-refractivity contribution in [3.05, 3.63) is 70.2 Å². The summed E-state index contributed by atoms with van der Waals surface area (Å²) in [6.45, 7) is 4.73. The van der Waals surface area contributed by atoms with E-state index in [0.717, 1.165) is 11.2 Å². The Kier molecular flexibility index (Phi) is 4.40. The number of fused-ring (bicyclic) bond motifs is 2.